The molecule has 3 aliphatic rings. The average Bonchev–Trinajstić information content (AvgIpc) is 3.38. The summed E-state index contributed by atoms with van der Waals surface area (Å²) in [5, 5.41) is 6.42. The minimum absolute atomic E-state index is 0.0342. The monoisotopic (exact) mass is 466 g/mol. The van der Waals surface area contributed by atoms with Crippen LogP contribution in [0.3, 0.4) is 0 Å². The smallest absolute Gasteiger partial charge is 0.250 e. The minimum atomic E-state index is -1.43. The first-order chi connectivity index (χ1) is 15.8. The maximum Gasteiger partial charge on any atom is 0.250 e. The maximum absolute atomic E-state index is 13.7. The molecule has 1 spiro atoms. The van der Waals surface area contributed by atoms with E-state index in [9.17, 15) is 19.2 Å². The summed E-state index contributed by atoms with van der Waals surface area (Å²) in [7, 11) is 0. The van der Waals surface area contributed by atoms with E-state index in [0.29, 0.717) is 22.7 Å². The molecule has 0 aliphatic carbocycles. The predicted molar refractivity (Wildman–Crippen MR) is 121 cm³/mol. The summed E-state index contributed by atoms with van der Waals surface area (Å²) in [5.74, 6) is -3.36. The van der Waals surface area contributed by atoms with Crippen LogP contribution in [0, 0.1) is 11.8 Å². The number of anilines is 1. The van der Waals surface area contributed by atoms with Crippen LogP contribution in [0.1, 0.15) is 24.0 Å². The van der Waals surface area contributed by atoms with Crippen molar-refractivity contribution in [1.29, 1.82) is 0 Å². The molecule has 2 aromatic rings. The number of imide groups is 1. The van der Waals surface area contributed by atoms with Crippen molar-refractivity contribution in [2.45, 2.75) is 30.8 Å². The van der Waals surface area contributed by atoms with Crippen LogP contribution in [0.15, 0.2) is 48.5 Å². The fourth-order valence-electron chi connectivity index (χ4n) is 5.51. The molecule has 0 aromatic heterocycles. The van der Waals surface area contributed by atoms with Crippen molar-refractivity contribution >= 4 is 40.9 Å². The first-order valence-corrected chi connectivity index (χ1v) is 11.3. The summed E-state index contributed by atoms with van der Waals surface area (Å²) in [6.45, 7) is 0.220. The summed E-state index contributed by atoms with van der Waals surface area (Å²) in [6.07, 6.45) is 0.790. The van der Waals surface area contributed by atoms with Crippen LogP contribution in [0.2, 0.25) is 5.02 Å². The Morgan fingerprint density at radius 3 is 2.55 bits per heavy atom. The minimum Gasteiger partial charge on any atom is -0.370 e. The maximum atomic E-state index is 13.7. The number of carbonyl (C=O) groups excluding carboxylic acids is 4. The number of nitrogens with two attached hydrogens (primary N) is 1. The SMILES string of the molecule is NC(=O)CCC1NC2(C(=O)Nc3c(Cl)cccc32)[C@@H]2C(=O)N(CCc3ccccc3)C(=O)[C@H]12. The van der Waals surface area contributed by atoms with E-state index in [1.165, 1.54) is 4.90 Å². The number of nitrogens with one attached hydrogen (secondary N) is 2. The Labute approximate surface area is 195 Å². The molecule has 2 saturated heterocycles. The average molecular weight is 467 g/mol. The number of nitrogens with zero attached hydrogens (tertiary/aromatic N) is 1. The van der Waals surface area contributed by atoms with Crippen molar-refractivity contribution in [1.82, 2.24) is 10.2 Å². The Balaban J connectivity index is 1.53. The number of carbonyl (C=O) groups is 4. The molecule has 0 saturated carbocycles. The molecule has 33 heavy (non-hydrogen) atoms. The second-order valence-corrected chi connectivity index (χ2v) is 9.15. The third kappa shape index (κ3) is 3.24. The Hall–Kier alpha value is -3.23. The van der Waals surface area contributed by atoms with Crippen molar-refractivity contribution in [3.05, 3.63) is 64.7 Å². The van der Waals surface area contributed by atoms with Gasteiger partial charge in [-0.25, -0.2) is 0 Å². The molecule has 0 radical (unpaired) electrons. The lowest BCUT2D eigenvalue weighted by atomic mass is 9.76. The van der Waals surface area contributed by atoms with Gasteiger partial charge in [0.15, 0.2) is 0 Å². The van der Waals surface area contributed by atoms with E-state index in [-0.39, 0.29) is 25.3 Å². The van der Waals surface area contributed by atoms with Gasteiger partial charge >= 0.3 is 0 Å². The van der Waals surface area contributed by atoms with Gasteiger partial charge in [0, 0.05) is 24.6 Å². The van der Waals surface area contributed by atoms with Crippen LogP contribution >= 0.6 is 11.6 Å². The van der Waals surface area contributed by atoms with Gasteiger partial charge in [0.05, 0.1) is 22.5 Å². The van der Waals surface area contributed by atoms with Gasteiger partial charge in [-0.1, -0.05) is 54.1 Å². The molecule has 3 aliphatic heterocycles. The highest BCUT2D eigenvalue weighted by Gasteiger charge is 2.70. The number of benzene rings is 2. The van der Waals surface area contributed by atoms with E-state index >= 15 is 0 Å². The topological polar surface area (TPSA) is 122 Å². The predicted octanol–water partition coefficient (Wildman–Crippen LogP) is 1.57. The first-order valence-electron chi connectivity index (χ1n) is 10.9. The normalized spacial score (nSPS) is 27.7. The molecular formula is C24H23ClN4O4. The lowest BCUT2D eigenvalue weighted by Crippen LogP contribution is -2.53. The number of hydrogen-bond donors (Lipinski definition) is 3. The number of rotatable bonds is 6. The lowest BCUT2D eigenvalue weighted by molar-refractivity contribution is -0.142. The zero-order valence-corrected chi connectivity index (χ0v) is 18.5. The van der Waals surface area contributed by atoms with Crippen LogP contribution in [0.5, 0.6) is 0 Å². The van der Waals surface area contributed by atoms with E-state index in [1.807, 2.05) is 30.3 Å². The molecule has 5 rings (SSSR count). The molecule has 170 valence electrons. The Morgan fingerprint density at radius 1 is 1.06 bits per heavy atom. The number of para-hydroxylation sites is 1. The van der Waals surface area contributed by atoms with Crippen molar-refractivity contribution < 1.29 is 19.2 Å². The number of primary amides is 1. The van der Waals surface area contributed by atoms with Crippen LogP contribution in [-0.2, 0) is 31.1 Å². The Kier molecular flexibility index (Phi) is 5.22. The Bertz CT molecular complexity index is 1170. The van der Waals surface area contributed by atoms with E-state index in [1.54, 1.807) is 18.2 Å². The second-order valence-electron chi connectivity index (χ2n) is 8.75. The highest BCUT2D eigenvalue weighted by Crippen LogP contribution is 2.54. The zero-order chi connectivity index (χ0) is 23.3. The molecule has 2 unspecified atom stereocenters. The first kappa shape index (κ1) is 21.6. The lowest BCUT2D eigenvalue weighted by Gasteiger charge is -2.29. The molecule has 4 N–H and O–H groups in total. The summed E-state index contributed by atoms with van der Waals surface area (Å²) in [5.41, 5.74) is 5.91. The number of likely N-dealkylation sites (tertiary alicyclic amines) is 1. The second kappa shape index (κ2) is 7.97. The molecular weight excluding hydrogens is 444 g/mol. The van der Waals surface area contributed by atoms with Crippen molar-refractivity contribution in [2.75, 3.05) is 11.9 Å². The van der Waals surface area contributed by atoms with E-state index in [2.05, 4.69) is 10.6 Å². The quantitative estimate of drug-likeness (QED) is 0.558. The van der Waals surface area contributed by atoms with Crippen LogP contribution < -0.4 is 16.4 Å². The summed E-state index contributed by atoms with van der Waals surface area (Å²) in [4.78, 5) is 53.3. The van der Waals surface area contributed by atoms with E-state index in [4.69, 9.17) is 17.3 Å². The van der Waals surface area contributed by atoms with E-state index < -0.39 is 41.1 Å². The van der Waals surface area contributed by atoms with Crippen molar-refractivity contribution in [3.63, 3.8) is 0 Å². The third-order valence-electron chi connectivity index (χ3n) is 6.96. The van der Waals surface area contributed by atoms with Gasteiger partial charge in [-0.15, -0.1) is 0 Å². The highest BCUT2D eigenvalue weighted by molar-refractivity contribution is 6.35. The fourth-order valence-corrected chi connectivity index (χ4v) is 5.73. The third-order valence-corrected chi connectivity index (χ3v) is 7.27. The molecule has 4 amide bonds. The summed E-state index contributed by atoms with van der Waals surface area (Å²) >= 11 is 6.32. The molecule has 3 heterocycles. The number of fused-ring (bicyclic) bond motifs is 4. The molecule has 4 atom stereocenters. The van der Waals surface area contributed by atoms with Gasteiger partial charge < -0.3 is 11.1 Å². The van der Waals surface area contributed by atoms with E-state index in [0.717, 1.165) is 5.56 Å². The van der Waals surface area contributed by atoms with Gasteiger partial charge in [0.1, 0.15) is 5.54 Å². The van der Waals surface area contributed by atoms with Gasteiger partial charge in [0.25, 0.3) is 0 Å². The largest absolute Gasteiger partial charge is 0.370 e. The molecule has 9 heteroatoms. The molecule has 0 bridgehead atoms. The van der Waals surface area contributed by atoms with Crippen LogP contribution in [-0.4, -0.2) is 41.1 Å². The van der Waals surface area contributed by atoms with Gasteiger partial charge in [-0.05, 0) is 24.5 Å². The molecule has 2 fully saturated rings. The standard InChI is InChI=1S/C24H23ClN4O4/c25-15-8-4-7-14-20(15)27-23(33)24(14)19-18(16(28-24)9-10-17(26)30)21(31)29(22(19)32)12-11-13-5-2-1-3-6-13/h1-8,16,18-19,28H,9-12H2,(H2,26,30)(H,27,33)/t16?,18-,19+,24?/m1/s1. The number of halogens is 1. The number of hydrogen-bond acceptors (Lipinski definition) is 5. The van der Waals surface area contributed by atoms with Crippen LogP contribution in [0.4, 0.5) is 5.69 Å². The molecule has 8 nitrogen and oxygen atoms in total. The van der Waals surface area contributed by atoms with Gasteiger partial charge in [-0.2, -0.15) is 0 Å². The molecule has 2 aromatic carbocycles. The summed E-state index contributed by atoms with van der Waals surface area (Å²) in [6, 6.07) is 14.1. The number of amides is 4. The van der Waals surface area contributed by atoms with Crippen LogP contribution in [0.25, 0.3) is 0 Å². The zero-order valence-electron chi connectivity index (χ0n) is 17.7. The summed E-state index contributed by atoms with van der Waals surface area (Å²) < 4.78 is 0. The highest BCUT2D eigenvalue weighted by atomic mass is 35.5. The fraction of sp³-hybridized carbons (Fsp3) is 0.333. The Morgan fingerprint density at radius 2 is 1.82 bits per heavy atom. The van der Waals surface area contributed by atoms with Gasteiger partial charge in [-0.3, -0.25) is 29.4 Å². The van der Waals surface area contributed by atoms with Gasteiger partial charge in [0.2, 0.25) is 23.6 Å². The van der Waals surface area contributed by atoms with Crippen molar-refractivity contribution in [3.8, 4) is 0 Å². The van der Waals surface area contributed by atoms with Crippen molar-refractivity contribution in [2.24, 2.45) is 17.6 Å².